The number of hydrogen-bond acceptors (Lipinski definition) is 6. The Morgan fingerprint density at radius 3 is 2.64 bits per heavy atom. The van der Waals surface area contributed by atoms with Gasteiger partial charge in [0.2, 0.25) is 10.0 Å². The molecule has 1 unspecified atom stereocenters. The number of sulfonamides is 1. The lowest BCUT2D eigenvalue weighted by Gasteiger charge is -2.34. The third kappa shape index (κ3) is 5.52. The highest BCUT2D eigenvalue weighted by Gasteiger charge is 2.21. The maximum atomic E-state index is 11.4. The van der Waals surface area contributed by atoms with Gasteiger partial charge in [0, 0.05) is 29.6 Å². The van der Waals surface area contributed by atoms with Gasteiger partial charge in [-0.25, -0.2) is 18.4 Å². The van der Waals surface area contributed by atoms with Crippen LogP contribution in [0.3, 0.4) is 0 Å². The minimum absolute atomic E-state index is 0.0284. The summed E-state index contributed by atoms with van der Waals surface area (Å²) in [5.74, 6) is 6.41. The van der Waals surface area contributed by atoms with E-state index in [9.17, 15) is 8.42 Å². The number of nitrogens with zero attached hydrogens (tertiary/aromatic N) is 3. The topological polar surface area (TPSA) is 84.4 Å². The number of ether oxygens (including phenoxy) is 1. The summed E-state index contributed by atoms with van der Waals surface area (Å²) in [7, 11) is -3.34. The first-order valence-electron chi connectivity index (χ1n) is 8.94. The van der Waals surface area contributed by atoms with Crippen molar-refractivity contribution in [1.29, 1.82) is 0 Å². The maximum absolute atomic E-state index is 11.4. The highest BCUT2D eigenvalue weighted by atomic mass is 32.2. The smallest absolute Gasteiger partial charge is 0.229 e. The largest absolute Gasteiger partial charge is 0.377 e. The van der Waals surface area contributed by atoms with E-state index < -0.39 is 10.0 Å². The van der Waals surface area contributed by atoms with Crippen LogP contribution in [0.15, 0.2) is 30.3 Å². The van der Waals surface area contributed by atoms with E-state index in [1.165, 1.54) is 0 Å². The Morgan fingerprint density at radius 1 is 1.32 bits per heavy atom. The van der Waals surface area contributed by atoms with Crippen LogP contribution < -0.4 is 9.62 Å². The number of nitrogens with one attached hydrogen (secondary N) is 1. The van der Waals surface area contributed by atoms with Crippen LogP contribution in [0.5, 0.6) is 0 Å². The van der Waals surface area contributed by atoms with E-state index in [-0.39, 0.29) is 16.5 Å². The molecule has 1 fully saturated rings. The summed E-state index contributed by atoms with van der Waals surface area (Å²) in [5.41, 5.74) is 2.30. The second-order valence-electron chi connectivity index (χ2n) is 7.04. The third-order valence-corrected chi connectivity index (χ3v) is 5.66. The van der Waals surface area contributed by atoms with Gasteiger partial charge in [-0.2, -0.15) is 10.5 Å². The lowest BCUT2D eigenvalue weighted by atomic mass is 10.2. The van der Waals surface area contributed by atoms with Crippen LogP contribution in [0.2, 0.25) is 0 Å². The molecule has 0 bridgehead atoms. The second kappa shape index (κ2) is 8.59. The number of aromatic nitrogens is 2. The molecule has 0 radical (unpaired) electrons. The Balaban J connectivity index is 1.97. The zero-order chi connectivity index (χ0) is 20.3. The second-order valence-corrected chi connectivity index (χ2v) is 10.6. The average molecular weight is 423 g/mol. The lowest BCUT2D eigenvalue weighted by Crippen LogP contribution is -2.44. The molecule has 0 spiro atoms. The van der Waals surface area contributed by atoms with Gasteiger partial charge in [-0.15, -0.1) is 0 Å². The zero-order valence-electron chi connectivity index (χ0n) is 16.4. The van der Waals surface area contributed by atoms with Crippen molar-refractivity contribution < 1.29 is 13.2 Å². The summed E-state index contributed by atoms with van der Waals surface area (Å²) < 4.78 is 30.8. The molecule has 0 aliphatic carbocycles. The molecular formula is C19H26N4O3S2. The molecule has 1 saturated heterocycles. The fourth-order valence-electron chi connectivity index (χ4n) is 3.05. The Kier molecular flexibility index (Phi) is 6.36. The highest BCUT2D eigenvalue weighted by molar-refractivity contribution is 8.12. The fraction of sp³-hybridized carbons (Fsp3) is 0.421. The molecule has 28 heavy (non-hydrogen) atoms. The number of benzene rings is 1. The molecule has 0 saturated carbocycles. The van der Waals surface area contributed by atoms with Crippen molar-refractivity contribution in [3.8, 4) is 11.4 Å². The van der Waals surface area contributed by atoms with Gasteiger partial charge in [0.25, 0.3) is 0 Å². The molecule has 2 heterocycles. The first kappa shape index (κ1) is 20.8. The third-order valence-electron chi connectivity index (χ3n) is 4.27. The monoisotopic (exact) mass is 422 g/mol. The zero-order valence-corrected chi connectivity index (χ0v) is 18.0. The van der Waals surface area contributed by atoms with E-state index in [0.29, 0.717) is 24.7 Å². The summed E-state index contributed by atoms with van der Waals surface area (Å²) in [5, 5.41) is 0. The van der Waals surface area contributed by atoms with Crippen LogP contribution in [-0.2, 0) is 20.5 Å². The van der Waals surface area contributed by atoms with Crippen molar-refractivity contribution in [3.05, 3.63) is 36.0 Å². The summed E-state index contributed by atoms with van der Waals surface area (Å²) in [6.07, 6.45) is 3.22. The molecule has 2 atom stereocenters. The number of hydrogen-bond donors (Lipinski definition) is 1. The number of morpholine rings is 1. The van der Waals surface area contributed by atoms with Gasteiger partial charge in [0.05, 0.1) is 31.2 Å². The van der Waals surface area contributed by atoms with Crippen molar-refractivity contribution >= 4 is 37.9 Å². The molecule has 1 aromatic heterocycles. The molecule has 1 aliphatic rings. The van der Waals surface area contributed by atoms with Gasteiger partial charge in [-0.1, -0.05) is 5.87 Å². The number of rotatable bonds is 6. The molecule has 1 aromatic carbocycles. The van der Waals surface area contributed by atoms with Gasteiger partial charge in [-0.05, 0) is 37.4 Å². The summed E-state index contributed by atoms with van der Waals surface area (Å²) >= 11 is 0. The van der Waals surface area contributed by atoms with Crippen molar-refractivity contribution in [2.75, 3.05) is 41.9 Å². The molecule has 9 heteroatoms. The van der Waals surface area contributed by atoms with Gasteiger partial charge < -0.3 is 9.64 Å². The average Bonchev–Trinajstić information content (AvgIpc) is 2.60. The van der Waals surface area contributed by atoms with E-state index in [1.54, 1.807) is 12.1 Å². The minimum atomic E-state index is -3.31. The van der Waals surface area contributed by atoms with E-state index >= 15 is 0 Å². The van der Waals surface area contributed by atoms with E-state index in [4.69, 9.17) is 14.7 Å². The molecule has 1 N–H and O–H groups in total. The predicted molar refractivity (Wildman–Crippen MR) is 118 cm³/mol. The SMILES string of the molecule is C=S(C)Cc1cc(N2CCOC[C@@H]2C)nc(-c2ccc(NS(C)(=O)=O)cc2)n1. The van der Waals surface area contributed by atoms with Gasteiger partial charge in [0.1, 0.15) is 5.82 Å². The van der Waals surface area contributed by atoms with Crippen LogP contribution in [0, 0.1) is 0 Å². The van der Waals surface area contributed by atoms with Crippen molar-refractivity contribution in [2.24, 2.45) is 0 Å². The normalized spacial score (nSPS) is 18.7. The first-order valence-corrected chi connectivity index (χ1v) is 12.8. The maximum Gasteiger partial charge on any atom is 0.229 e. The number of anilines is 2. The van der Waals surface area contributed by atoms with Crippen LogP contribution >= 0.6 is 10.5 Å². The molecule has 0 amide bonds. The van der Waals surface area contributed by atoms with Gasteiger partial charge in [-0.3, -0.25) is 4.72 Å². The van der Waals surface area contributed by atoms with Gasteiger partial charge >= 0.3 is 0 Å². The first-order chi connectivity index (χ1) is 13.2. The standard InChI is InChI=1S/C19H26N4O3S2/c1-14-12-26-10-9-23(14)18-11-17(13-27(2)3)20-19(21-18)15-5-7-16(8-6-15)22-28(4,24)25/h5-8,11,14,22H,2,9-10,12-13H2,1,3-4H3/t14-,27?/m0/s1. The molecular weight excluding hydrogens is 396 g/mol. The molecule has 1 aliphatic heterocycles. The fourth-order valence-corrected chi connectivity index (χ4v) is 4.27. The van der Waals surface area contributed by atoms with E-state index in [2.05, 4.69) is 28.7 Å². The Morgan fingerprint density at radius 2 is 2.04 bits per heavy atom. The lowest BCUT2D eigenvalue weighted by molar-refractivity contribution is 0.0985. The van der Waals surface area contributed by atoms with Gasteiger partial charge in [0.15, 0.2) is 5.82 Å². The Labute approximate surface area is 169 Å². The van der Waals surface area contributed by atoms with Crippen LogP contribution in [0.1, 0.15) is 12.6 Å². The van der Waals surface area contributed by atoms with E-state index in [0.717, 1.165) is 35.6 Å². The molecule has 3 rings (SSSR count). The Bertz CT molecular complexity index is 962. The molecule has 152 valence electrons. The quantitative estimate of drug-likeness (QED) is 0.721. The van der Waals surface area contributed by atoms with Crippen molar-refractivity contribution in [1.82, 2.24) is 9.97 Å². The minimum Gasteiger partial charge on any atom is -0.377 e. The summed E-state index contributed by atoms with van der Waals surface area (Å²) in [4.78, 5) is 11.8. The Hall–Kier alpha value is -1.97. The summed E-state index contributed by atoms with van der Waals surface area (Å²) in [6, 6.07) is 9.37. The van der Waals surface area contributed by atoms with Crippen LogP contribution in [0.4, 0.5) is 11.5 Å². The highest BCUT2D eigenvalue weighted by Crippen LogP contribution is 2.26. The molecule has 2 aromatic rings. The van der Waals surface area contributed by atoms with Crippen LogP contribution in [0.25, 0.3) is 11.4 Å². The van der Waals surface area contributed by atoms with Crippen molar-refractivity contribution in [2.45, 2.75) is 18.7 Å². The van der Waals surface area contributed by atoms with E-state index in [1.807, 2.05) is 18.2 Å². The summed E-state index contributed by atoms with van der Waals surface area (Å²) in [6.45, 7) is 4.26. The predicted octanol–water partition coefficient (Wildman–Crippen LogP) is 2.57. The molecule has 7 nitrogen and oxygen atoms in total. The van der Waals surface area contributed by atoms with Crippen molar-refractivity contribution in [3.63, 3.8) is 0 Å². The van der Waals surface area contributed by atoms with Crippen LogP contribution in [-0.4, -0.2) is 62.6 Å².